The van der Waals surface area contributed by atoms with Gasteiger partial charge in [0.25, 0.3) is 5.91 Å². The van der Waals surface area contributed by atoms with Crippen LogP contribution in [0.2, 0.25) is 0 Å². The maximum absolute atomic E-state index is 11.2. The molecule has 1 aromatic heterocycles. The molecule has 0 atom stereocenters. The van der Waals surface area contributed by atoms with Crippen LogP contribution in [0.25, 0.3) is 0 Å². The molecule has 0 saturated carbocycles. The summed E-state index contributed by atoms with van der Waals surface area (Å²) in [6, 6.07) is 2.71. The molecule has 1 aliphatic rings. The first-order valence-electron chi connectivity index (χ1n) is 3.67. The van der Waals surface area contributed by atoms with Crippen molar-refractivity contribution >= 4 is 17.8 Å². The third kappa shape index (κ3) is 1.22. The zero-order chi connectivity index (χ0) is 9.26. The molecular weight excluding hydrogens is 172 g/mol. The molecule has 3 amide bonds. The average molecular weight is 178 g/mol. The number of rotatable bonds is 1. The number of hydrogen-bond acceptors (Lipinski definition) is 4. The highest BCUT2D eigenvalue weighted by molar-refractivity contribution is 6.19. The van der Waals surface area contributed by atoms with E-state index < -0.39 is 6.03 Å². The van der Waals surface area contributed by atoms with Gasteiger partial charge < -0.3 is 5.32 Å². The van der Waals surface area contributed by atoms with Gasteiger partial charge in [0.1, 0.15) is 0 Å². The van der Waals surface area contributed by atoms with E-state index in [4.69, 9.17) is 0 Å². The van der Waals surface area contributed by atoms with Crippen molar-refractivity contribution in [2.24, 2.45) is 0 Å². The SMILES string of the molecule is O=C1CNC(=O)N1c1cccnn1. The molecule has 0 radical (unpaired) electrons. The van der Waals surface area contributed by atoms with Crippen molar-refractivity contribution in [3.05, 3.63) is 18.3 Å². The van der Waals surface area contributed by atoms with E-state index in [0.717, 1.165) is 4.90 Å². The first kappa shape index (κ1) is 7.66. The number of anilines is 1. The number of imide groups is 1. The molecule has 1 aliphatic heterocycles. The van der Waals surface area contributed by atoms with Crippen molar-refractivity contribution in [3.8, 4) is 0 Å². The number of nitrogens with one attached hydrogen (secondary N) is 1. The minimum absolute atomic E-state index is 0.0232. The van der Waals surface area contributed by atoms with Gasteiger partial charge in [-0.2, -0.15) is 5.10 Å². The van der Waals surface area contributed by atoms with Gasteiger partial charge in [0.15, 0.2) is 5.82 Å². The summed E-state index contributed by atoms with van der Waals surface area (Å²) in [5, 5.41) is 9.62. The van der Waals surface area contributed by atoms with E-state index in [1.807, 2.05) is 0 Å². The standard InChI is InChI=1S/C7H6N4O2/c12-6-4-8-7(13)11(6)5-2-1-3-9-10-5/h1-3H,4H2,(H,8,13). The van der Waals surface area contributed by atoms with Gasteiger partial charge in [-0.3, -0.25) is 4.79 Å². The lowest BCUT2D eigenvalue weighted by Crippen LogP contribution is -2.31. The van der Waals surface area contributed by atoms with Crippen LogP contribution >= 0.6 is 0 Å². The van der Waals surface area contributed by atoms with Crippen LogP contribution in [0.5, 0.6) is 0 Å². The second-order valence-electron chi connectivity index (χ2n) is 2.47. The number of urea groups is 1. The average Bonchev–Trinajstić information content (AvgIpc) is 2.48. The van der Waals surface area contributed by atoms with Crippen LogP contribution in [-0.2, 0) is 4.79 Å². The number of carbonyl (C=O) groups excluding carboxylic acids is 2. The minimum Gasteiger partial charge on any atom is -0.328 e. The molecular formula is C7H6N4O2. The Morgan fingerprint density at radius 3 is 2.85 bits per heavy atom. The fourth-order valence-electron chi connectivity index (χ4n) is 1.07. The first-order valence-corrected chi connectivity index (χ1v) is 3.67. The maximum Gasteiger partial charge on any atom is 0.330 e. The quantitative estimate of drug-likeness (QED) is 0.590. The number of hydrogen-bond donors (Lipinski definition) is 1. The largest absolute Gasteiger partial charge is 0.330 e. The zero-order valence-corrected chi connectivity index (χ0v) is 6.60. The summed E-state index contributed by atoms with van der Waals surface area (Å²) in [4.78, 5) is 23.2. The van der Waals surface area contributed by atoms with Gasteiger partial charge in [0, 0.05) is 6.20 Å². The summed E-state index contributed by atoms with van der Waals surface area (Å²) in [6.45, 7) is 0.0232. The minimum atomic E-state index is -0.453. The highest BCUT2D eigenvalue weighted by Crippen LogP contribution is 2.11. The van der Waals surface area contributed by atoms with E-state index in [9.17, 15) is 9.59 Å². The monoisotopic (exact) mass is 178 g/mol. The third-order valence-electron chi connectivity index (χ3n) is 1.63. The van der Waals surface area contributed by atoms with Gasteiger partial charge in [0.05, 0.1) is 6.54 Å². The Balaban J connectivity index is 2.36. The van der Waals surface area contributed by atoms with Crippen molar-refractivity contribution in [1.82, 2.24) is 15.5 Å². The predicted molar refractivity (Wildman–Crippen MR) is 42.9 cm³/mol. The molecule has 6 nitrogen and oxygen atoms in total. The van der Waals surface area contributed by atoms with E-state index in [0.29, 0.717) is 0 Å². The molecule has 13 heavy (non-hydrogen) atoms. The summed E-state index contributed by atoms with van der Waals surface area (Å²) in [6.07, 6.45) is 1.47. The van der Waals surface area contributed by atoms with E-state index in [-0.39, 0.29) is 18.3 Å². The fourth-order valence-corrected chi connectivity index (χ4v) is 1.07. The number of carbonyl (C=O) groups is 2. The van der Waals surface area contributed by atoms with Gasteiger partial charge in [-0.1, -0.05) is 0 Å². The molecule has 1 saturated heterocycles. The van der Waals surface area contributed by atoms with Crippen LogP contribution in [0.3, 0.4) is 0 Å². The van der Waals surface area contributed by atoms with Gasteiger partial charge in [-0.15, -0.1) is 5.10 Å². The lowest BCUT2D eigenvalue weighted by Gasteiger charge is -2.08. The smallest absolute Gasteiger partial charge is 0.328 e. The van der Waals surface area contributed by atoms with Gasteiger partial charge in [-0.05, 0) is 12.1 Å². The molecule has 1 aromatic rings. The van der Waals surface area contributed by atoms with Crippen molar-refractivity contribution in [1.29, 1.82) is 0 Å². The Hall–Kier alpha value is -1.98. The summed E-state index contributed by atoms with van der Waals surface area (Å²) in [5.41, 5.74) is 0. The van der Waals surface area contributed by atoms with Crippen LogP contribution in [0, 0.1) is 0 Å². The lowest BCUT2D eigenvalue weighted by molar-refractivity contribution is -0.115. The van der Waals surface area contributed by atoms with Crippen molar-refractivity contribution in [3.63, 3.8) is 0 Å². The first-order chi connectivity index (χ1) is 6.29. The van der Waals surface area contributed by atoms with Gasteiger partial charge in [-0.25, -0.2) is 9.69 Å². The van der Waals surface area contributed by atoms with E-state index in [1.165, 1.54) is 6.20 Å². The number of amides is 3. The third-order valence-corrected chi connectivity index (χ3v) is 1.63. The molecule has 0 unspecified atom stereocenters. The Kier molecular flexibility index (Phi) is 1.66. The Bertz CT molecular complexity index is 335. The number of nitrogens with zero attached hydrogens (tertiary/aromatic N) is 3. The highest BCUT2D eigenvalue weighted by atomic mass is 16.2. The zero-order valence-electron chi connectivity index (χ0n) is 6.60. The van der Waals surface area contributed by atoms with Crippen molar-refractivity contribution < 1.29 is 9.59 Å². The Morgan fingerprint density at radius 2 is 2.31 bits per heavy atom. The Labute approximate surface area is 73.6 Å². The Morgan fingerprint density at radius 1 is 1.46 bits per heavy atom. The number of aromatic nitrogens is 2. The normalized spacial score (nSPS) is 16.2. The van der Waals surface area contributed by atoms with Crippen LogP contribution in [0.1, 0.15) is 0 Å². The molecule has 1 fully saturated rings. The van der Waals surface area contributed by atoms with Crippen molar-refractivity contribution in [2.75, 3.05) is 11.4 Å². The van der Waals surface area contributed by atoms with Crippen LogP contribution in [0.15, 0.2) is 18.3 Å². The molecule has 0 bridgehead atoms. The van der Waals surface area contributed by atoms with Crippen LogP contribution < -0.4 is 10.2 Å². The molecule has 0 aromatic carbocycles. The molecule has 2 rings (SSSR count). The van der Waals surface area contributed by atoms with E-state index >= 15 is 0 Å². The predicted octanol–water partition coefficient (Wildman–Crippen LogP) is -0.467. The molecule has 6 heteroatoms. The topological polar surface area (TPSA) is 75.2 Å². The molecule has 0 spiro atoms. The van der Waals surface area contributed by atoms with Gasteiger partial charge in [0.2, 0.25) is 0 Å². The lowest BCUT2D eigenvalue weighted by atomic mass is 10.5. The van der Waals surface area contributed by atoms with Crippen LogP contribution in [-0.4, -0.2) is 28.7 Å². The van der Waals surface area contributed by atoms with E-state index in [1.54, 1.807) is 12.1 Å². The van der Waals surface area contributed by atoms with Crippen molar-refractivity contribution in [2.45, 2.75) is 0 Å². The second-order valence-corrected chi connectivity index (χ2v) is 2.47. The second kappa shape index (κ2) is 2.81. The molecule has 2 heterocycles. The summed E-state index contributed by atoms with van der Waals surface area (Å²) in [5.74, 6) is -0.0620. The molecule has 0 aliphatic carbocycles. The van der Waals surface area contributed by atoms with Gasteiger partial charge >= 0.3 is 6.03 Å². The van der Waals surface area contributed by atoms with E-state index in [2.05, 4.69) is 15.5 Å². The fraction of sp³-hybridized carbons (Fsp3) is 0.143. The molecule has 66 valence electrons. The molecule has 1 N–H and O–H groups in total. The summed E-state index contributed by atoms with van der Waals surface area (Å²) < 4.78 is 0. The summed E-state index contributed by atoms with van der Waals surface area (Å²) in [7, 11) is 0. The highest BCUT2D eigenvalue weighted by Gasteiger charge is 2.30. The maximum atomic E-state index is 11.2. The van der Waals surface area contributed by atoms with Crippen LogP contribution in [0.4, 0.5) is 10.6 Å². The summed E-state index contributed by atoms with van der Waals surface area (Å²) >= 11 is 0.